The van der Waals surface area contributed by atoms with E-state index in [0.29, 0.717) is 0 Å². The van der Waals surface area contributed by atoms with Crippen LogP contribution in [0, 0.1) is 0 Å². The van der Waals surface area contributed by atoms with Gasteiger partial charge in [-0.3, -0.25) is 4.79 Å². The highest BCUT2D eigenvalue weighted by Gasteiger charge is 2.36. The van der Waals surface area contributed by atoms with Crippen molar-refractivity contribution >= 4 is 5.91 Å². The third-order valence-corrected chi connectivity index (χ3v) is 2.89. The zero-order chi connectivity index (χ0) is 11.5. The number of amides is 1. The Balaban J connectivity index is 2.40. The summed E-state index contributed by atoms with van der Waals surface area (Å²) in [6.07, 6.45) is 2.03. The van der Waals surface area contributed by atoms with E-state index in [1.807, 2.05) is 27.9 Å². The zero-order valence-electron chi connectivity index (χ0n) is 10.3. The summed E-state index contributed by atoms with van der Waals surface area (Å²) in [5, 5.41) is 6.32. The first-order chi connectivity index (χ1) is 6.94. The van der Waals surface area contributed by atoms with Gasteiger partial charge < -0.3 is 15.5 Å². The van der Waals surface area contributed by atoms with Crippen molar-refractivity contribution in [3.63, 3.8) is 0 Å². The number of hydrogen-bond acceptors (Lipinski definition) is 3. The lowest BCUT2D eigenvalue weighted by molar-refractivity contribution is -0.127. The van der Waals surface area contributed by atoms with Crippen LogP contribution in [-0.4, -0.2) is 49.6 Å². The normalized spacial score (nSPS) is 28.1. The molecule has 0 spiro atoms. The highest BCUT2D eigenvalue weighted by atomic mass is 16.2. The van der Waals surface area contributed by atoms with E-state index >= 15 is 0 Å². The minimum Gasteiger partial charge on any atom is -0.351 e. The van der Waals surface area contributed by atoms with Crippen LogP contribution in [0.15, 0.2) is 0 Å². The van der Waals surface area contributed by atoms with Crippen LogP contribution in [-0.2, 0) is 4.79 Å². The molecule has 1 rings (SSSR count). The first-order valence-corrected chi connectivity index (χ1v) is 5.65. The zero-order valence-corrected chi connectivity index (χ0v) is 10.3. The van der Waals surface area contributed by atoms with Gasteiger partial charge in [0.2, 0.25) is 5.91 Å². The molecule has 0 saturated carbocycles. The van der Waals surface area contributed by atoms with Crippen molar-refractivity contribution in [2.24, 2.45) is 0 Å². The molecule has 1 fully saturated rings. The fraction of sp³-hybridized carbons (Fsp3) is 0.909. The van der Waals surface area contributed by atoms with Crippen molar-refractivity contribution < 1.29 is 4.79 Å². The Kier molecular flexibility index (Phi) is 4.11. The van der Waals surface area contributed by atoms with Crippen LogP contribution in [0.25, 0.3) is 0 Å². The second-order valence-corrected chi connectivity index (χ2v) is 5.00. The summed E-state index contributed by atoms with van der Waals surface area (Å²) in [5.41, 5.74) is -0.347. The van der Waals surface area contributed by atoms with Crippen LogP contribution in [0.4, 0.5) is 0 Å². The van der Waals surface area contributed by atoms with Gasteiger partial charge in [0.1, 0.15) is 0 Å². The summed E-state index contributed by atoms with van der Waals surface area (Å²) in [7, 11) is 4.02. The first kappa shape index (κ1) is 12.5. The van der Waals surface area contributed by atoms with Gasteiger partial charge in [0.05, 0.1) is 5.54 Å². The van der Waals surface area contributed by atoms with Gasteiger partial charge in [0.25, 0.3) is 0 Å². The molecule has 0 aromatic heterocycles. The van der Waals surface area contributed by atoms with E-state index in [-0.39, 0.29) is 17.5 Å². The Bertz CT molecular complexity index is 222. The van der Waals surface area contributed by atoms with Crippen LogP contribution < -0.4 is 10.6 Å². The molecule has 0 aliphatic carbocycles. The maximum absolute atomic E-state index is 12.0. The standard InChI is InChI=1S/C11H23N3O/c1-9(8-14(3)4)13-10(15)11(2)6-5-7-12-11/h9,12H,5-8H2,1-4H3,(H,13,15). The number of nitrogens with one attached hydrogen (secondary N) is 2. The minimum atomic E-state index is -0.347. The Morgan fingerprint density at radius 1 is 1.60 bits per heavy atom. The Morgan fingerprint density at radius 2 is 2.27 bits per heavy atom. The van der Waals surface area contributed by atoms with Gasteiger partial charge in [0.15, 0.2) is 0 Å². The van der Waals surface area contributed by atoms with Gasteiger partial charge in [-0.2, -0.15) is 0 Å². The Hall–Kier alpha value is -0.610. The number of nitrogens with zero attached hydrogens (tertiary/aromatic N) is 1. The van der Waals surface area contributed by atoms with Crippen LogP contribution in [0.1, 0.15) is 26.7 Å². The van der Waals surface area contributed by atoms with Crippen LogP contribution in [0.5, 0.6) is 0 Å². The monoisotopic (exact) mass is 213 g/mol. The number of carbonyl (C=O) groups excluding carboxylic acids is 1. The third kappa shape index (κ3) is 3.47. The molecule has 0 aromatic carbocycles. The first-order valence-electron chi connectivity index (χ1n) is 5.65. The molecule has 88 valence electrons. The third-order valence-electron chi connectivity index (χ3n) is 2.89. The van der Waals surface area contributed by atoms with Crippen LogP contribution in [0.3, 0.4) is 0 Å². The molecular weight excluding hydrogens is 190 g/mol. The fourth-order valence-electron chi connectivity index (χ4n) is 2.06. The number of hydrogen-bond donors (Lipinski definition) is 2. The van der Waals surface area contributed by atoms with Gasteiger partial charge >= 0.3 is 0 Å². The molecule has 1 aliphatic heterocycles. The predicted octanol–water partition coefficient (Wildman–Crippen LogP) is 0.195. The largest absolute Gasteiger partial charge is 0.351 e. The smallest absolute Gasteiger partial charge is 0.240 e. The molecule has 4 heteroatoms. The molecule has 0 radical (unpaired) electrons. The lowest BCUT2D eigenvalue weighted by Gasteiger charge is -2.26. The summed E-state index contributed by atoms with van der Waals surface area (Å²) >= 11 is 0. The number of likely N-dealkylation sites (N-methyl/N-ethyl adjacent to an activating group) is 1. The molecule has 1 heterocycles. The van der Waals surface area contributed by atoms with Crippen molar-refractivity contribution in [1.29, 1.82) is 0 Å². The SMILES string of the molecule is CC(CN(C)C)NC(=O)C1(C)CCCN1. The maximum atomic E-state index is 12.0. The molecule has 1 amide bonds. The Morgan fingerprint density at radius 3 is 2.73 bits per heavy atom. The molecule has 2 unspecified atom stereocenters. The Labute approximate surface area is 92.4 Å². The lowest BCUT2D eigenvalue weighted by Crippen LogP contribution is -2.54. The van der Waals surface area contributed by atoms with E-state index in [1.165, 1.54) is 0 Å². The highest BCUT2D eigenvalue weighted by Crippen LogP contribution is 2.18. The second kappa shape index (κ2) is 4.94. The highest BCUT2D eigenvalue weighted by molar-refractivity contribution is 5.86. The van der Waals surface area contributed by atoms with E-state index < -0.39 is 0 Å². The average Bonchev–Trinajstić information content (AvgIpc) is 2.51. The molecule has 4 nitrogen and oxygen atoms in total. The average molecular weight is 213 g/mol. The second-order valence-electron chi connectivity index (χ2n) is 5.00. The van der Waals surface area contributed by atoms with Crippen molar-refractivity contribution in [3.8, 4) is 0 Å². The topological polar surface area (TPSA) is 44.4 Å². The van der Waals surface area contributed by atoms with Crippen LogP contribution >= 0.6 is 0 Å². The van der Waals surface area contributed by atoms with Crippen molar-refractivity contribution in [2.75, 3.05) is 27.2 Å². The minimum absolute atomic E-state index is 0.134. The molecule has 1 aliphatic rings. The van der Waals surface area contributed by atoms with Gasteiger partial charge in [-0.1, -0.05) is 0 Å². The maximum Gasteiger partial charge on any atom is 0.240 e. The van der Waals surface area contributed by atoms with Crippen molar-refractivity contribution in [3.05, 3.63) is 0 Å². The van der Waals surface area contributed by atoms with Gasteiger partial charge in [0, 0.05) is 12.6 Å². The summed E-state index contributed by atoms with van der Waals surface area (Å²) < 4.78 is 0. The molecule has 2 atom stereocenters. The molecule has 1 saturated heterocycles. The summed E-state index contributed by atoms with van der Waals surface area (Å²) in [6, 6.07) is 0.201. The van der Waals surface area contributed by atoms with Gasteiger partial charge in [-0.15, -0.1) is 0 Å². The van der Waals surface area contributed by atoms with E-state index in [1.54, 1.807) is 0 Å². The summed E-state index contributed by atoms with van der Waals surface area (Å²) in [4.78, 5) is 14.0. The number of carbonyl (C=O) groups is 1. The van der Waals surface area contributed by atoms with E-state index in [0.717, 1.165) is 25.9 Å². The van der Waals surface area contributed by atoms with Crippen LogP contribution in [0.2, 0.25) is 0 Å². The predicted molar refractivity (Wildman–Crippen MR) is 61.8 cm³/mol. The number of rotatable bonds is 4. The van der Waals surface area contributed by atoms with E-state index in [9.17, 15) is 4.79 Å². The molecule has 2 N–H and O–H groups in total. The fourth-order valence-corrected chi connectivity index (χ4v) is 2.06. The molecule has 0 aromatic rings. The van der Waals surface area contributed by atoms with Gasteiger partial charge in [-0.05, 0) is 47.3 Å². The molecule has 0 bridgehead atoms. The lowest BCUT2D eigenvalue weighted by atomic mass is 9.99. The molecule has 15 heavy (non-hydrogen) atoms. The summed E-state index contributed by atoms with van der Waals surface area (Å²) in [6.45, 7) is 5.85. The molecular formula is C11H23N3O. The quantitative estimate of drug-likeness (QED) is 0.701. The van der Waals surface area contributed by atoms with Crippen molar-refractivity contribution in [1.82, 2.24) is 15.5 Å². The van der Waals surface area contributed by atoms with Gasteiger partial charge in [-0.25, -0.2) is 0 Å². The van der Waals surface area contributed by atoms with E-state index in [2.05, 4.69) is 15.5 Å². The summed E-state index contributed by atoms with van der Waals surface area (Å²) in [5.74, 6) is 0.134. The van der Waals surface area contributed by atoms with E-state index in [4.69, 9.17) is 0 Å². The van der Waals surface area contributed by atoms with Crippen molar-refractivity contribution in [2.45, 2.75) is 38.3 Å².